The average molecular weight is 390 g/mol. The molecule has 1 unspecified atom stereocenters. The quantitative estimate of drug-likeness (QED) is 0.678. The second-order valence-electron chi connectivity index (χ2n) is 7.63. The summed E-state index contributed by atoms with van der Waals surface area (Å²) >= 11 is 0. The number of carbonyl (C=O) groups is 1. The first-order valence-electron chi connectivity index (χ1n) is 10.0. The van der Waals surface area contributed by atoms with Gasteiger partial charge in [0.15, 0.2) is 0 Å². The Kier molecular flexibility index (Phi) is 5.74. The van der Waals surface area contributed by atoms with Gasteiger partial charge in [-0.15, -0.1) is 0 Å². The number of aromatic nitrogens is 2. The van der Waals surface area contributed by atoms with E-state index in [0.29, 0.717) is 12.1 Å². The largest absolute Gasteiger partial charge is 0.326 e. The fraction of sp³-hybridized carbons (Fsp3) is 0.304. The zero-order valence-corrected chi connectivity index (χ0v) is 16.7. The number of rotatable bonds is 6. The first-order chi connectivity index (χ1) is 14.1. The van der Waals surface area contributed by atoms with Crippen LogP contribution < -0.4 is 11.1 Å². The Labute approximate surface area is 171 Å². The highest BCUT2D eigenvalue weighted by Crippen LogP contribution is 2.27. The smallest absolute Gasteiger partial charge is 0.256 e. The fourth-order valence-corrected chi connectivity index (χ4v) is 3.87. The summed E-state index contributed by atoms with van der Waals surface area (Å²) in [6.07, 6.45) is 1.02. The minimum Gasteiger partial charge on any atom is -0.326 e. The Morgan fingerprint density at radius 1 is 1.14 bits per heavy atom. The number of hydrogen-bond donors (Lipinski definition) is 2. The van der Waals surface area contributed by atoms with Crippen molar-refractivity contribution in [1.29, 1.82) is 0 Å². The SMILES string of the molecule is Cc1cc(NC(=O)c2ccc(CN)cc2)n(C2CCN(Cc3ccccc3)C2)n1. The van der Waals surface area contributed by atoms with E-state index in [1.807, 2.05) is 48.0 Å². The van der Waals surface area contributed by atoms with Crippen molar-refractivity contribution in [2.24, 2.45) is 5.73 Å². The van der Waals surface area contributed by atoms with Gasteiger partial charge in [-0.25, -0.2) is 4.68 Å². The molecular formula is C23H27N5O. The Morgan fingerprint density at radius 3 is 2.62 bits per heavy atom. The number of nitrogens with two attached hydrogens (primary N) is 1. The molecule has 4 rings (SSSR count). The van der Waals surface area contributed by atoms with Crippen LogP contribution in [0.15, 0.2) is 60.7 Å². The molecule has 1 fully saturated rings. The highest BCUT2D eigenvalue weighted by Gasteiger charge is 2.27. The summed E-state index contributed by atoms with van der Waals surface area (Å²) in [5.74, 6) is 0.621. The maximum Gasteiger partial charge on any atom is 0.256 e. The molecule has 1 aromatic heterocycles. The Morgan fingerprint density at radius 2 is 1.90 bits per heavy atom. The van der Waals surface area contributed by atoms with Crippen LogP contribution in [0.1, 0.15) is 39.6 Å². The summed E-state index contributed by atoms with van der Waals surface area (Å²) in [7, 11) is 0. The molecule has 1 atom stereocenters. The van der Waals surface area contributed by atoms with Gasteiger partial charge >= 0.3 is 0 Å². The minimum absolute atomic E-state index is 0.131. The predicted octanol–water partition coefficient (Wildman–Crippen LogP) is 3.35. The van der Waals surface area contributed by atoms with Gasteiger partial charge in [-0.2, -0.15) is 5.10 Å². The van der Waals surface area contributed by atoms with Crippen LogP contribution in [0.2, 0.25) is 0 Å². The molecule has 3 N–H and O–H groups in total. The number of benzene rings is 2. The normalized spacial score (nSPS) is 16.8. The van der Waals surface area contributed by atoms with Gasteiger partial charge < -0.3 is 11.1 Å². The van der Waals surface area contributed by atoms with Gasteiger partial charge in [0.1, 0.15) is 5.82 Å². The monoisotopic (exact) mass is 389 g/mol. The third-order valence-corrected chi connectivity index (χ3v) is 5.39. The van der Waals surface area contributed by atoms with Gasteiger partial charge in [0.05, 0.1) is 11.7 Å². The lowest BCUT2D eigenvalue weighted by Crippen LogP contribution is -2.23. The second kappa shape index (κ2) is 8.59. The molecule has 2 heterocycles. The summed E-state index contributed by atoms with van der Waals surface area (Å²) in [6, 6.07) is 20.1. The summed E-state index contributed by atoms with van der Waals surface area (Å²) in [6.45, 7) is 5.30. The molecule has 0 bridgehead atoms. The van der Waals surface area contributed by atoms with Crippen LogP contribution in [0.5, 0.6) is 0 Å². The molecule has 6 nitrogen and oxygen atoms in total. The molecule has 2 aromatic carbocycles. The van der Waals surface area contributed by atoms with Crippen molar-refractivity contribution in [3.8, 4) is 0 Å². The van der Waals surface area contributed by atoms with E-state index in [4.69, 9.17) is 5.73 Å². The van der Waals surface area contributed by atoms with Gasteiger partial charge in [0.2, 0.25) is 0 Å². The summed E-state index contributed by atoms with van der Waals surface area (Å²) < 4.78 is 1.98. The fourth-order valence-electron chi connectivity index (χ4n) is 3.87. The van der Waals surface area contributed by atoms with Crippen LogP contribution in [0.4, 0.5) is 5.82 Å². The average Bonchev–Trinajstić information content (AvgIpc) is 3.35. The van der Waals surface area contributed by atoms with Crippen molar-refractivity contribution in [1.82, 2.24) is 14.7 Å². The summed E-state index contributed by atoms with van der Waals surface area (Å²) in [5, 5.41) is 7.71. The van der Waals surface area contributed by atoms with E-state index in [9.17, 15) is 4.79 Å². The first-order valence-corrected chi connectivity index (χ1v) is 10.0. The van der Waals surface area contributed by atoms with E-state index in [1.54, 1.807) is 0 Å². The highest BCUT2D eigenvalue weighted by molar-refractivity contribution is 6.03. The van der Waals surface area contributed by atoms with Gasteiger partial charge in [0, 0.05) is 37.8 Å². The van der Waals surface area contributed by atoms with Crippen LogP contribution >= 0.6 is 0 Å². The van der Waals surface area contributed by atoms with E-state index in [-0.39, 0.29) is 11.9 Å². The van der Waals surface area contributed by atoms with Crippen LogP contribution in [0.3, 0.4) is 0 Å². The van der Waals surface area contributed by atoms with Crippen LogP contribution in [0, 0.1) is 6.92 Å². The molecule has 0 spiro atoms. The number of nitrogens with zero attached hydrogens (tertiary/aromatic N) is 3. The van der Waals surface area contributed by atoms with Gasteiger partial charge in [-0.3, -0.25) is 9.69 Å². The lowest BCUT2D eigenvalue weighted by molar-refractivity contribution is 0.102. The van der Waals surface area contributed by atoms with E-state index in [0.717, 1.165) is 43.1 Å². The number of carbonyl (C=O) groups excluding carboxylic acids is 1. The number of hydrogen-bond acceptors (Lipinski definition) is 4. The molecule has 150 valence electrons. The standard InChI is InChI=1S/C23H27N5O/c1-17-13-22(25-23(29)20-9-7-18(14-24)8-10-20)28(26-17)21-11-12-27(16-21)15-19-5-3-2-4-6-19/h2-10,13,21H,11-12,14-16,24H2,1H3,(H,25,29). The van der Waals surface area contributed by atoms with Gasteiger partial charge in [-0.05, 0) is 36.6 Å². The lowest BCUT2D eigenvalue weighted by Gasteiger charge is -2.18. The zero-order valence-electron chi connectivity index (χ0n) is 16.7. The maximum absolute atomic E-state index is 12.7. The Balaban J connectivity index is 1.44. The number of nitrogens with one attached hydrogen (secondary N) is 1. The van der Waals surface area contributed by atoms with Crippen molar-refractivity contribution in [2.45, 2.75) is 32.5 Å². The third-order valence-electron chi connectivity index (χ3n) is 5.39. The molecule has 1 aliphatic rings. The molecule has 0 radical (unpaired) electrons. The number of amides is 1. The predicted molar refractivity (Wildman–Crippen MR) is 115 cm³/mol. The highest BCUT2D eigenvalue weighted by atomic mass is 16.1. The molecule has 1 amide bonds. The van der Waals surface area contributed by atoms with Gasteiger partial charge in [0.25, 0.3) is 5.91 Å². The van der Waals surface area contributed by atoms with E-state index in [2.05, 4.69) is 39.6 Å². The van der Waals surface area contributed by atoms with Crippen molar-refractivity contribution in [3.63, 3.8) is 0 Å². The number of aryl methyl sites for hydroxylation is 1. The molecule has 1 saturated heterocycles. The molecule has 29 heavy (non-hydrogen) atoms. The molecule has 0 saturated carbocycles. The molecule has 1 aliphatic heterocycles. The molecule has 0 aliphatic carbocycles. The van der Waals surface area contributed by atoms with Crippen LogP contribution in [-0.2, 0) is 13.1 Å². The van der Waals surface area contributed by atoms with Gasteiger partial charge in [-0.1, -0.05) is 42.5 Å². The van der Waals surface area contributed by atoms with E-state index < -0.39 is 0 Å². The van der Waals surface area contributed by atoms with Crippen molar-refractivity contribution < 1.29 is 4.79 Å². The van der Waals surface area contributed by atoms with Crippen molar-refractivity contribution in [2.75, 3.05) is 18.4 Å². The van der Waals surface area contributed by atoms with E-state index in [1.165, 1.54) is 5.56 Å². The number of likely N-dealkylation sites (tertiary alicyclic amines) is 1. The van der Waals surface area contributed by atoms with Crippen molar-refractivity contribution in [3.05, 3.63) is 83.0 Å². The summed E-state index contributed by atoms with van der Waals surface area (Å²) in [5.41, 5.74) is 9.48. The zero-order chi connectivity index (χ0) is 20.2. The molecule has 6 heteroatoms. The van der Waals surface area contributed by atoms with Crippen molar-refractivity contribution >= 4 is 11.7 Å². The topological polar surface area (TPSA) is 76.2 Å². The molecule has 3 aromatic rings. The number of anilines is 1. The Bertz CT molecular complexity index is 965. The van der Waals surface area contributed by atoms with Crippen LogP contribution in [0.25, 0.3) is 0 Å². The first kappa shape index (κ1) is 19.4. The third kappa shape index (κ3) is 4.55. The molecular weight excluding hydrogens is 362 g/mol. The summed E-state index contributed by atoms with van der Waals surface area (Å²) in [4.78, 5) is 15.1. The second-order valence-corrected chi connectivity index (χ2v) is 7.63. The van der Waals surface area contributed by atoms with Crippen LogP contribution in [-0.4, -0.2) is 33.7 Å². The minimum atomic E-state index is -0.131. The lowest BCUT2D eigenvalue weighted by atomic mass is 10.1. The van der Waals surface area contributed by atoms with E-state index >= 15 is 0 Å². The maximum atomic E-state index is 12.7. The Hall–Kier alpha value is -2.96.